The number of halogens is 1. The molecule has 1 aromatic carbocycles. The first kappa shape index (κ1) is 12.5. The molecule has 0 aliphatic rings. The van der Waals surface area contributed by atoms with Crippen molar-refractivity contribution in [3.63, 3.8) is 0 Å². The molecule has 0 fully saturated rings. The van der Waals surface area contributed by atoms with Crippen LogP contribution in [0.5, 0.6) is 0 Å². The maximum Gasteiger partial charge on any atom is 0.0635 e. The van der Waals surface area contributed by atoms with E-state index in [9.17, 15) is 4.21 Å². The lowest BCUT2D eigenvalue weighted by Gasteiger charge is -2.13. The van der Waals surface area contributed by atoms with Gasteiger partial charge >= 0.3 is 0 Å². The molecule has 0 bridgehead atoms. The van der Waals surface area contributed by atoms with Gasteiger partial charge in [0.2, 0.25) is 0 Å². The second-order valence-electron chi connectivity index (χ2n) is 3.42. The summed E-state index contributed by atoms with van der Waals surface area (Å²) >= 11 is 5.86. The molecule has 84 valence electrons. The van der Waals surface area contributed by atoms with Gasteiger partial charge < -0.3 is 5.73 Å². The fraction of sp³-hybridized carbons (Fsp3) is 0.455. The third kappa shape index (κ3) is 2.95. The third-order valence-corrected chi connectivity index (χ3v) is 4.70. The van der Waals surface area contributed by atoms with E-state index >= 15 is 0 Å². The van der Waals surface area contributed by atoms with Crippen LogP contribution in [0.4, 0.5) is 5.69 Å². The fourth-order valence-corrected chi connectivity index (χ4v) is 3.20. The Balaban J connectivity index is 3.04. The number of nitrogens with two attached hydrogens (primary N) is 1. The van der Waals surface area contributed by atoms with Crippen LogP contribution >= 0.6 is 11.6 Å². The van der Waals surface area contributed by atoms with Gasteiger partial charge in [0.05, 0.1) is 15.7 Å². The number of nitrogen functional groups attached to an aromatic ring is 1. The lowest BCUT2D eigenvalue weighted by Crippen LogP contribution is -2.14. The lowest BCUT2D eigenvalue weighted by atomic mass is 10.3. The predicted molar refractivity (Wildman–Crippen MR) is 66.6 cm³/mol. The summed E-state index contributed by atoms with van der Waals surface area (Å²) < 4.78 is 12.2. The van der Waals surface area contributed by atoms with Crippen LogP contribution in [0.25, 0.3) is 0 Å². The van der Waals surface area contributed by atoms with E-state index < -0.39 is 10.8 Å². The molecule has 0 radical (unpaired) electrons. The van der Waals surface area contributed by atoms with E-state index in [0.717, 1.165) is 12.8 Å². The number of rotatable bonds is 4. The number of benzene rings is 1. The van der Waals surface area contributed by atoms with Gasteiger partial charge in [-0.05, 0) is 31.0 Å². The van der Waals surface area contributed by atoms with Crippen LogP contribution in [0, 0.1) is 0 Å². The first-order chi connectivity index (χ1) is 7.10. The zero-order valence-corrected chi connectivity index (χ0v) is 10.6. The van der Waals surface area contributed by atoms with Crippen LogP contribution in [-0.2, 0) is 10.8 Å². The Hall–Kier alpha value is -0.540. The van der Waals surface area contributed by atoms with E-state index in [0.29, 0.717) is 15.6 Å². The molecule has 1 rings (SSSR count). The van der Waals surface area contributed by atoms with Crippen LogP contribution < -0.4 is 5.73 Å². The smallest absolute Gasteiger partial charge is 0.0635 e. The summed E-state index contributed by atoms with van der Waals surface area (Å²) in [6, 6.07) is 5.12. The van der Waals surface area contributed by atoms with Crippen LogP contribution in [-0.4, -0.2) is 9.46 Å². The second-order valence-corrected chi connectivity index (χ2v) is 5.56. The van der Waals surface area contributed by atoms with Crippen molar-refractivity contribution in [1.82, 2.24) is 0 Å². The normalized spacial score (nSPS) is 13.1. The van der Waals surface area contributed by atoms with Crippen molar-refractivity contribution in [3.05, 3.63) is 23.2 Å². The number of anilines is 1. The SMILES string of the molecule is CCC(CC)S(=O)c1cc(Cl)ccc1N. The Morgan fingerprint density at radius 3 is 2.53 bits per heavy atom. The Labute approximate surface area is 98.3 Å². The molecular formula is C11H16ClNOS. The molecule has 0 spiro atoms. The van der Waals surface area contributed by atoms with E-state index in [1.54, 1.807) is 18.2 Å². The minimum Gasteiger partial charge on any atom is -0.398 e. The van der Waals surface area contributed by atoms with Crippen molar-refractivity contribution in [2.45, 2.75) is 36.8 Å². The third-order valence-electron chi connectivity index (χ3n) is 2.41. The largest absolute Gasteiger partial charge is 0.398 e. The molecule has 0 amide bonds. The minimum absolute atomic E-state index is 0.158. The van der Waals surface area contributed by atoms with E-state index in [1.807, 2.05) is 13.8 Å². The summed E-state index contributed by atoms with van der Waals surface area (Å²) in [5.74, 6) is 0. The van der Waals surface area contributed by atoms with E-state index in [-0.39, 0.29) is 5.25 Å². The lowest BCUT2D eigenvalue weighted by molar-refractivity contribution is 0.658. The van der Waals surface area contributed by atoms with Gasteiger partial charge in [-0.25, -0.2) is 0 Å². The van der Waals surface area contributed by atoms with Gasteiger partial charge in [0.25, 0.3) is 0 Å². The Kier molecular flexibility index (Phi) is 4.61. The molecule has 0 saturated heterocycles. The zero-order valence-electron chi connectivity index (χ0n) is 9.00. The van der Waals surface area contributed by atoms with Crippen molar-refractivity contribution in [3.8, 4) is 0 Å². The van der Waals surface area contributed by atoms with Gasteiger partial charge in [-0.2, -0.15) is 0 Å². The van der Waals surface area contributed by atoms with Gasteiger partial charge in [-0.3, -0.25) is 4.21 Å². The maximum absolute atomic E-state index is 12.2. The standard InChI is InChI=1S/C11H16ClNOS/c1-3-9(4-2)15(14)11-7-8(12)5-6-10(11)13/h5-7,9H,3-4,13H2,1-2H3. The highest BCUT2D eigenvalue weighted by Gasteiger charge is 2.17. The molecule has 0 aliphatic carbocycles. The Morgan fingerprint density at radius 1 is 1.40 bits per heavy atom. The summed E-state index contributed by atoms with van der Waals surface area (Å²) in [6.07, 6.45) is 1.77. The van der Waals surface area contributed by atoms with Gasteiger partial charge in [-0.1, -0.05) is 25.4 Å². The first-order valence-corrected chi connectivity index (χ1v) is 6.64. The first-order valence-electron chi connectivity index (χ1n) is 5.05. The summed E-state index contributed by atoms with van der Waals surface area (Å²) in [6.45, 7) is 4.07. The van der Waals surface area contributed by atoms with Gasteiger partial charge in [-0.15, -0.1) is 0 Å². The van der Waals surface area contributed by atoms with Crippen LogP contribution in [0.15, 0.2) is 23.1 Å². The van der Waals surface area contributed by atoms with Crippen molar-refractivity contribution in [1.29, 1.82) is 0 Å². The highest BCUT2D eigenvalue weighted by atomic mass is 35.5. The van der Waals surface area contributed by atoms with Crippen LogP contribution in [0.1, 0.15) is 26.7 Å². The molecule has 4 heteroatoms. The van der Waals surface area contributed by atoms with Crippen molar-refractivity contribution in [2.24, 2.45) is 0 Å². The monoisotopic (exact) mass is 245 g/mol. The van der Waals surface area contributed by atoms with Gasteiger partial charge in [0.1, 0.15) is 0 Å². The molecular weight excluding hydrogens is 230 g/mol. The molecule has 2 N–H and O–H groups in total. The summed E-state index contributed by atoms with van der Waals surface area (Å²) in [4.78, 5) is 0.663. The molecule has 1 aromatic rings. The predicted octanol–water partition coefficient (Wildman–Crippen LogP) is 3.22. The van der Waals surface area contributed by atoms with Crippen molar-refractivity contribution in [2.75, 3.05) is 5.73 Å². The summed E-state index contributed by atoms with van der Waals surface area (Å²) in [5, 5.41) is 0.740. The van der Waals surface area contributed by atoms with E-state index in [2.05, 4.69) is 0 Å². The van der Waals surface area contributed by atoms with Gasteiger partial charge in [0, 0.05) is 16.0 Å². The van der Waals surface area contributed by atoms with Crippen LogP contribution in [0.3, 0.4) is 0 Å². The van der Waals surface area contributed by atoms with Crippen molar-refractivity contribution >= 4 is 28.1 Å². The van der Waals surface area contributed by atoms with E-state index in [1.165, 1.54) is 0 Å². The molecule has 1 atom stereocenters. The van der Waals surface area contributed by atoms with E-state index in [4.69, 9.17) is 17.3 Å². The molecule has 0 saturated carbocycles. The molecule has 0 aliphatic heterocycles. The molecule has 0 heterocycles. The van der Waals surface area contributed by atoms with Crippen LogP contribution in [0.2, 0.25) is 5.02 Å². The van der Waals surface area contributed by atoms with Crippen molar-refractivity contribution < 1.29 is 4.21 Å². The van der Waals surface area contributed by atoms with Gasteiger partial charge in [0.15, 0.2) is 0 Å². The average molecular weight is 246 g/mol. The highest BCUT2D eigenvalue weighted by molar-refractivity contribution is 7.85. The average Bonchev–Trinajstić information content (AvgIpc) is 2.23. The molecule has 1 unspecified atom stereocenters. The topological polar surface area (TPSA) is 43.1 Å². The molecule has 15 heavy (non-hydrogen) atoms. The number of hydrogen-bond acceptors (Lipinski definition) is 2. The molecule has 0 aromatic heterocycles. The zero-order chi connectivity index (χ0) is 11.4. The Morgan fingerprint density at radius 2 is 2.00 bits per heavy atom. The fourth-order valence-electron chi connectivity index (χ4n) is 1.45. The summed E-state index contributed by atoms with van der Waals surface area (Å²) in [7, 11) is -1.05. The highest BCUT2D eigenvalue weighted by Crippen LogP contribution is 2.25. The quantitative estimate of drug-likeness (QED) is 0.828. The maximum atomic E-state index is 12.2. The second kappa shape index (κ2) is 5.52. The molecule has 2 nitrogen and oxygen atoms in total. The Bertz CT molecular complexity index is 364. The summed E-state index contributed by atoms with van der Waals surface area (Å²) in [5.41, 5.74) is 6.35. The minimum atomic E-state index is -1.05. The number of hydrogen-bond donors (Lipinski definition) is 1.